The van der Waals surface area contributed by atoms with Gasteiger partial charge >= 0.3 is 0 Å². The van der Waals surface area contributed by atoms with E-state index >= 15 is 0 Å². The Morgan fingerprint density at radius 1 is 1.12 bits per heavy atom. The minimum absolute atomic E-state index is 0.0198. The molecule has 0 radical (unpaired) electrons. The van der Waals surface area contributed by atoms with Crippen LogP contribution in [0.1, 0.15) is 11.1 Å². The number of fused-ring (bicyclic) bond motifs is 1. The second-order valence-corrected chi connectivity index (χ2v) is 7.59. The van der Waals surface area contributed by atoms with E-state index in [1.54, 1.807) is 36.4 Å². The lowest BCUT2D eigenvalue weighted by Gasteiger charge is -2.17. The topological polar surface area (TPSA) is 66.5 Å². The first-order chi connectivity index (χ1) is 12.5. The zero-order valence-corrected chi connectivity index (χ0v) is 15.5. The number of anilines is 1. The second kappa shape index (κ2) is 6.37. The van der Waals surface area contributed by atoms with Crippen molar-refractivity contribution in [1.82, 2.24) is 5.32 Å². The molecule has 5 nitrogen and oxygen atoms in total. The predicted octanol–water partition coefficient (Wildman–Crippen LogP) is 3.83. The van der Waals surface area contributed by atoms with Gasteiger partial charge in [0.15, 0.2) is 0 Å². The maximum absolute atomic E-state index is 14.2. The van der Waals surface area contributed by atoms with E-state index in [4.69, 9.17) is 0 Å². The molecule has 1 saturated heterocycles. The predicted molar refractivity (Wildman–Crippen MR) is 99.8 cm³/mol. The average Bonchev–Trinajstić information content (AvgIpc) is 3.06. The van der Waals surface area contributed by atoms with Gasteiger partial charge in [0, 0.05) is 15.6 Å². The van der Waals surface area contributed by atoms with Crippen molar-refractivity contribution in [1.29, 1.82) is 0 Å². The minimum Gasteiger partial charge on any atom is -0.303 e. The molecule has 130 valence electrons. The fraction of sp³-hybridized carbons (Fsp3) is 0.0556. The molecule has 4 rings (SSSR count). The van der Waals surface area contributed by atoms with Crippen LogP contribution < -0.4 is 10.2 Å². The lowest BCUT2D eigenvalue weighted by Crippen LogP contribution is -2.27. The molecule has 2 aliphatic heterocycles. The molecule has 0 saturated carbocycles. The maximum atomic E-state index is 14.2. The Bertz CT molecular complexity index is 1020. The minimum atomic E-state index is -0.588. The molecule has 0 unspecified atom stereocenters. The molecule has 0 bridgehead atoms. The first-order valence-corrected chi connectivity index (χ1v) is 9.19. The van der Waals surface area contributed by atoms with E-state index in [0.29, 0.717) is 33.0 Å². The molecule has 2 heterocycles. The number of imide groups is 1. The average molecular weight is 433 g/mol. The van der Waals surface area contributed by atoms with Crippen LogP contribution >= 0.6 is 27.7 Å². The van der Waals surface area contributed by atoms with Crippen molar-refractivity contribution < 1.29 is 18.8 Å². The number of hydrogen-bond donors (Lipinski definition) is 1. The van der Waals surface area contributed by atoms with Crippen LogP contribution in [0, 0.1) is 5.82 Å². The Morgan fingerprint density at radius 3 is 2.58 bits per heavy atom. The molecule has 1 fully saturated rings. The summed E-state index contributed by atoms with van der Waals surface area (Å²) >= 11 is 3.91. The van der Waals surface area contributed by atoms with Crippen LogP contribution in [0.25, 0.3) is 5.57 Å². The summed E-state index contributed by atoms with van der Waals surface area (Å²) < 4.78 is 14.8. The highest BCUT2D eigenvalue weighted by Gasteiger charge is 2.39. The van der Waals surface area contributed by atoms with Crippen molar-refractivity contribution in [3.8, 4) is 0 Å². The van der Waals surface area contributed by atoms with Crippen LogP contribution in [-0.2, 0) is 16.1 Å². The number of carbonyl (C=O) groups is 3. The van der Waals surface area contributed by atoms with E-state index < -0.39 is 22.9 Å². The van der Waals surface area contributed by atoms with Gasteiger partial charge in [0.25, 0.3) is 17.1 Å². The number of nitrogens with zero attached hydrogens (tertiary/aromatic N) is 1. The molecule has 2 aromatic carbocycles. The van der Waals surface area contributed by atoms with Crippen LogP contribution in [0.4, 0.5) is 14.9 Å². The summed E-state index contributed by atoms with van der Waals surface area (Å²) in [5.41, 5.74) is 1.66. The van der Waals surface area contributed by atoms with Gasteiger partial charge in [-0.3, -0.25) is 19.7 Å². The molecular formula is C18H10BrFN2O3S. The summed E-state index contributed by atoms with van der Waals surface area (Å²) in [6, 6.07) is 11.6. The number of rotatable bonds is 2. The van der Waals surface area contributed by atoms with Crippen molar-refractivity contribution in [2.75, 3.05) is 4.90 Å². The molecule has 8 heteroatoms. The Labute approximate surface area is 160 Å². The Morgan fingerprint density at radius 2 is 1.88 bits per heavy atom. The van der Waals surface area contributed by atoms with E-state index in [9.17, 15) is 18.8 Å². The van der Waals surface area contributed by atoms with Crippen molar-refractivity contribution in [2.24, 2.45) is 0 Å². The van der Waals surface area contributed by atoms with Gasteiger partial charge in [-0.2, -0.15) is 0 Å². The molecule has 3 amide bonds. The summed E-state index contributed by atoms with van der Waals surface area (Å²) in [4.78, 5) is 38.1. The smallest absolute Gasteiger partial charge is 0.290 e. The number of nitrogens with one attached hydrogen (secondary N) is 1. The summed E-state index contributed by atoms with van der Waals surface area (Å²) in [6.07, 6.45) is 0. The second-order valence-electron chi connectivity index (χ2n) is 5.69. The number of carbonyl (C=O) groups excluding carboxylic acids is 3. The van der Waals surface area contributed by atoms with Crippen LogP contribution in [0.3, 0.4) is 0 Å². The zero-order chi connectivity index (χ0) is 18.4. The normalized spacial score (nSPS) is 19.2. The third kappa shape index (κ3) is 2.75. The SMILES string of the molecule is O=C1NC(=O)C(=C2C(=O)N(Cc3ccc(Br)cc3F)c3ccccc32)S1. The summed E-state index contributed by atoms with van der Waals surface area (Å²) in [7, 11) is 0. The van der Waals surface area contributed by atoms with Gasteiger partial charge in [-0.05, 0) is 30.0 Å². The van der Waals surface area contributed by atoms with Gasteiger partial charge in [-0.25, -0.2) is 4.39 Å². The number of thioether (sulfide) groups is 1. The molecule has 26 heavy (non-hydrogen) atoms. The van der Waals surface area contributed by atoms with Crippen LogP contribution in [0.2, 0.25) is 0 Å². The standard InChI is InChI=1S/C18H10BrFN2O3S/c19-10-6-5-9(12(20)7-10)8-22-13-4-2-1-3-11(13)14(17(22)24)15-16(23)21-18(25)26-15/h1-7H,8H2,(H,21,23,25). The van der Waals surface area contributed by atoms with Gasteiger partial charge in [-0.15, -0.1) is 0 Å². The quantitative estimate of drug-likeness (QED) is 0.732. The monoisotopic (exact) mass is 432 g/mol. The maximum Gasteiger partial charge on any atom is 0.290 e. The molecule has 0 aromatic heterocycles. The van der Waals surface area contributed by atoms with E-state index in [0.717, 1.165) is 0 Å². The molecular weight excluding hydrogens is 423 g/mol. The molecule has 0 aliphatic carbocycles. The number of amides is 3. The molecule has 1 N–H and O–H groups in total. The van der Waals surface area contributed by atoms with Crippen molar-refractivity contribution in [2.45, 2.75) is 6.54 Å². The highest BCUT2D eigenvalue weighted by atomic mass is 79.9. The molecule has 0 spiro atoms. The first-order valence-electron chi connectivity index (χ1n) is 7.58. The Kier molecular flexibility index (Phi) is 4.16. The highest BCUT2D eigenvalue weighted by molar-refractivity contribution is 9.10. The van der Waals surface area contributed by atoms with Crippen molar-refractivity contribution >= 4 is 56.0 Å². The summed E-state index contributed by atoms with van der Waals surface area (Å²) in [5.74, 6) is -1.45. The fourth-order valence-electron chi connectivity index (χ4n) is 2.96. The van der Waals surface area contributed by atoms with E-state index in [1.807, 2.05) is 0 Å². The zero-order valence-electron chi connectivity index (χ0n) is 13.1. The summed E-state index contributed by atoms with van der Waals surface area (Å²) in [5, 5.41) is 1.65. The van der Waals surface area contributed by atoms with Gasteiger partial charge in [0.1, 0.15) is 5.82 Å². The third-order valence-corrected chi connectivity index (χ3v) is 5.48. The Hall–Kier alpha value is -2.45. The van der Waals surface area contributed by atoms with Gasteiger partial charge < -0.3 is 4.90 Å². The highest BCUT2D eigenvalue weighted by Crippen LogP contribution is 2.43. The van der Waals surface area contributed by atoms with Gasteiger partial charge in [-0.1, -0.05) is 40.2 Å². The van der Waals surface area contributed by atoms with Crippen molar-refractivity contribution in [3.05, 3.63) is 68.8 Å². The molecule has 0 atom stereocenters. The third-order valence-electron chi connectivity index (χ3n) is 4.11. The molecule has 2 aromatic rings. The lowest BCUT2D eigenvalue weighted by molar-refractivity contribution is -0.116. The number of halogens is 2. The number of hydrogen-bond acceptors (Lipinski definition) is 4. The number of para-hydroxylation sites is 1. The lowest BCUT2D eigenvalue weighted by atomic mass is 10.1. The first kappa shape index (κ1) is 17.0. The van der Waals surface area contributed by atoms with Crippen LogP contribution in [-0.4, -0.2) is 17.1 Å². The van der Waals surface area contributed by atoms with E-state index in [2.05, 4.69) is 21.2 Å². The fourth-order valence-corrected chi connectivity index (χ4v) is 4.06. The summed E-state index contributed by atoms with van der Waals surface area (Å²) in [6.45, 7) is 0.0198. The number of benzene rings is 2. The van der Waals surface area contributed by atoms with Crippen molar-refractivity contribution in [3.63, 3.8) is 0 Å². The Balaban J connectivity index is 1.81. The molecule has 2 aliphatic rings. The van der Waals surface area contributed by atoms with Crippen LogP contribution in [0.15, 0.2) is 51.8 Å². The van der Waals surface area contributed by atoms with E-state index in [1.165, 1.54) is 11.0 Å². The van der Waals surface area contributed by atoms with Crippen LogP contribution in [0.5, 0.6) is 0 Å². The van der Waals surface area contributed by atoms with E-state index in [-0.39, 0.29) is 17.0 Å². The largest absolute Gasteiger partial charge is 0.303 e. The van der Waals surface area contributed by atoms with Gasteiger partial charge in [0.05, 0.1) is 22.7 Å². The van der Waals surface area contributed by atoms with Gasteiger partial charge in [0.2, 0.25) is 0 Å².